The summed E-state index contributed by atoms with van der Waals surface area (Å²) < 4.78 is 0. The number of urea groups is 1. The van der Waals surface area contributed by atoms with Gasteiger partial charge in [-0.3, -0.25) is 14.6 Å². The van der Waals surface area contributed by atoms with Crippen molar-refractivity contribution in [3.8, 4) is 0 Å². The molecule has 0 radical (unpaired) electrons. The lowest BCUT2D eigenvalue weighted by molar-refractivity contribution is -0.140. The third-order valence-electron chi connectivity index (χ3n) is 3.60. The SMILES string of the molecule is O=C(O)CC[C@H](NC(=O)NCCCCCNC(=O)c1cccnc1)C(=O)O. The quantitative estimate of drug-likeness (QED) is 0.332. The molecule has 0 aliphatic rings. The number of carbonyl (C=O) groups excluding carboxylic acids is 2. The fraction of sp³-hybridized carbons (Fsp3) is 0.471. The lowest BCUT2D eigenvalue weighted by Crippen LogP contribution is -2.46. The van der Waals surface area contributed by atoms with Gasteiger partial charge in [-0.25, -0.2) is 9.59 Å². The molecule has 0 aromatic carbocycles. The van der Waals surface area contributed by atoms with Crippen LogP contribution in [0, 0.1) is 0 Å². The number of hydrogen-bond acceptors (Lipinski definition) is 5. The molecule has 1 aromatic heterocycles. The Morgan fingerprint density at radius 1 is 1.04 bits per heavy atom. The molecule has 10 nitrogen and oxygen atoms in total. The smallest absolute Gasteiger partial charge is 0.326 e. The van der Waals surface area contributed by atoms with Gasteiger partial charge >= 0.3 is 18.0 Å². The highest BCUT2D eigenvalue weighted by atomic mass is 16.4. The third-order valence-corrected chi connectivity index (χ3v) is 3.60. The number of rotatable bonds is 12. The Balaban J connectivity index is 2.11. The second-order valence-electron chi connectivity index (χ2n) is 5.78. The van der Waals surface area contributed by atoms with Crippen LogP contribution in [0.3, 0.4) is 0 Å². The van der Waals surface area contributed by atoms with Crippen molar-refractivity contribution in [2.45, 2.75) is 38.1 Å². The summed E-state index contributed by atoms with van der Waals surface area (Å²) in [5.41, 5.74) is 0.492. The zero-order chi connectivity index (χ0) is 20.1. The van der Waals surface area contributed by atoms with E-state index in [1.807, 2.05) is 0 Å². The highest BCUT2D eigenvalue weighted by Gasteiger charge is 2.20. The predicted octanol–water partition coefficient (Wildman–Crippen LogP) is 0.599. The Labute approximate surface area is 156 Å². The van der Waals surface area contributed by atoms with Gasteiger partial charge in [0, 0.05) is 31.9 Å². The topological polar surface area (TPSA) is 158 Å². The van der Waals surface area contributed by atoms with Crippen LogP contribution < -0.4 is 16.0 Å². The maximum atomic E-state index is 11.8. The Hall–Kier alpha value is -3.17. The van der Waals surface area contributed by atoms with Crippen LogP contribution in [0.2, 0.25) is 0 Å². The first-order chi connectivity index (χ1) is 12.9. The third kappa shape index (κ3) is 9.78. The maximum Gasteiger partial charge on any atom is 0.326 e. The number of carbonyl (C=O) groups is 4. The van der Waals surface area contributed by atoms with Crippen LogP contribution in [0.4, 0.5) is 4.79 Å². The van der Waals surface area contributed by atoms with Crippen molar-refractivity contribution in [2.75, 3.05) is 13.1 Å². The van der Waals surface area contributed by atoms with Crippen molar-refractivity contribution >= 4 is 23.9 Å². The number of aromatic nitrogens is 1. The van der Waals surface area contributed by atoms with Gasteiger partial charge in [-0.15, -0.1) is 0 Å². The van der Waals surface area contributed by atoms with Crippen LogP contribution in [-0.2, 0) is 9.59 Å². The lowest BCUT2D eigenvalue weighted by atomic mass is 10.1. The van der Waals surface area contributed by atoms with Gasteiger partial charge in [-0.1, -0.05) is 0 Å². The number of nitrogens with one attached hydrogen (secondary N) is 3. The van der Waals surface area contributed by atoms with Gasteiger partial charge in [0.05, 0.1) is 5.56 Å². The molecule has 5 N–H and O–H groups in total. The largest absolute Gasteiger partial charge is 0.481 e. The van der Waals surface area contributed by atoms with E-state index in [0.29, 0.717) is 25.1 Å². The first-order valence-electron chi connectivity index (χ1n) is 8.57. The molecule has 0 aliphatic carbocycles. The van der Waals surface area contributed by atoms with Gasteiger partial charge in [-0.2, -0.15) is 0 Å². The molecule has 1 aromatic rings. The number of carboxylic acid groups (broad SMARTS) is 2. The second kappa shape index (κ2) is 12.2. The van der Waals surface area contributed by atoms with E-state index in [-0.39, 0.29) is 18.7 Å². The van der Waals surface area contributed by atoms with Crippen LogP contribution in [0.1, 0.15) is 42.5 Å². The molecular weight excluding hydrogens is 356 g/mol. The van der Waals surface area contributed by atoms with E-state index in [2.05, 4.69) is 20.9 Å². The normalized spacial score (nSPS) is 11.3. The van der Waals surface area contributed by atoms with Gasteiger partial charge in [0.25, 0.3) is 5.91 Å². The number of aliphatic carboxylic acids is 2. The Bertz CT molecular complexity index is 638. The Morgan fingerprint density at radius 2 is 1.74 bits per heavy atom. The van der Waals surface area contributed by atoms with Gasteiger partial charge in [-0.05, 0) is 37.8 Å². The van der Waals surface area contributed by atoms with Crippen molar-refractivity contribution in [1.29, 1.82) is 0 Å². The van der Waals surface area contributed by atoms with E-state index >= 15 is 0 Å². The van der Waals surface area contributed by atoms with Gasteiger partial charge in [0.15, 0.2) is 0 Å². The molecule has 148 valence electrons. The van der Waals surface area contributed by atoms with E-state index < -0.39 is 24.0 Å². The summed E-state index contributed by atoms with van der Waals surface area (Å²) in [6.07, 6.45) is 4.68. The van der Waals surface area contributed by atoms with E-state index in [1.165, 1.54) is 6.20 Å². The number of nitrogens with zero attached hydrogens (tertiary/aromatic N) is 1. The summed E-state index contributed by atoms with van der Waals surface area (Å²) in [5, 5.41) is 25.1. The first kappa shape index (κ1) is 21.9. The number of pyridine rings is 1. The molecular formula is C17H24N4O6. The second-order valence-corrected chi connectivity index (χ2v) is 5.78. The molecule has 1 heterocycles. The molecule has 0 fully saturated rings. The molecule has 27 heavy (non-hydrogen) atoms. The number of carboxylic acids is 2. The molecule has 0 spiro atoms. The molecule has 1 atom stereocenters. The van der Waals surface area contributed by atoms with Gasteiger partial charge in [0.1, 0.15) is 6.04 Å². The van der Waals surface area contributed by atoms with Crippen molar-refractivity contribution in [1.82, 2.24) is 20.9 Å². The van der Waals surface area contributed by atoms with Crippen molar-refractivity contribution in [2.24, 2.45) is 0 Å². The van der Waals surface area contributed by atoms with E-state index in [1.54, 1.807) is 18.3 Å². The summed E-state index contributed by atoms with van der Waals surface area (Å²) in [4.78, 5) is 48.7. The zero-order valence-electron chi connectivity index (χ0n) is 14.8. The summed E-state index contributed by atoms with van der Waals surface area (Å²) in [6.45, 7) is 0.837. The van der Waals surface area contributed by atoms with Crippen LogP contribution in [0.25, 0.3) is 0 Å². The van der Waals surface area contributed by atoms with Crippen LogP contribution >= 0.6 is 0 Å². The molecule has 0 saturated carbocycles. The summed E-state index contributed by atoms with van der Waals surface area (Å²) >= 11 is 0. The van der Waals surface area contributed by atoms with Crippen molar-refractivity contribution in [3.05, 3.63) is 30.1 Å². The molecule has 10 heteroatoms. The zero-order valence-corrected chi connectivity index (χ0v) is 14.8. The fourth-order valence-electron chi connectivity index (χ4n) is 2.16. The first-order valence-corrected chi connectivity index (χ1v) is 8.57. The van der Waals surface area contributed by atoms with Crippen molar-refractivity contribution in [3.63, 3.8) is 0 Å². The molecule has 0 aliphatic heterocycles. The number of hydrogen-bond donors (Lipinski definition) is 5. The summed E-state index contributed by atoms with van der Waals surface area (Å²) in [6, 6.07) is 1.45. The average molecular weight is 380 g/mol. The minimum Gasteiger partial charge on any atom is -0.481 e. The van der Waals surface area contributed by atoms with E-state index in [0.717, 1.165) is 12.8 Å². The van der Waals surface area contributed by atoms with Crippen molar-refractivity contribution < 1.29 is 29.4 Å². The van der Waals surface area contributed by atoms with Gasteiger partial charge < -0.3 is 26.2 Å². The highest BCUT2D eigenvalue weighted by Crippen LogP contribution is 1.99. The molecule has 0 bridgehead atoms. The molecule has 3 amide bonds. The van der Waals surface area contributed by atoms with Gasteiger partial charge in [0.2, 0.25) is 0 Å². The Kier molecular flexibility index (Phi) is 9.90. The van der Waals surface area contributed by atoms with Crippen LogP contribution in [-0.4, -0.2) is 58.2 Å². The number of unbranched alkanes of at least 4 members (excludes halogenated alkanes) is 2. The average Bonchev–Trinajstić information content (AvgIpc) is 2.64. The minimum absolute atomic E-state index is 0.186. The van der Waals surface area contributed by atoms with Crippen LogP contribution in [0.5, 0.6) is 0 Å². The molecule has 0 saturated heterocycles. The lowest BCUT2D eigenvalue weighted by Gasteiger charge is -2.14. The van der Waals surface area contributed by atoms with E-state index in [4.69, 9.17) is 10.2 Å². The van der Waals surface area contributed by atoms with E-state index in [9.17, 15) is 19.2 Å². The maximum absolute atomic E-state index is 11.8. The standard InChI is InChI=1S/C17H24N4O6/c22-14(23)7-6-13(16(25)26)21-17(27)20-10-3-1-2-9-19-15(24)12-5-4-8-18-11-12/h4-5,8,11,13H,1-3,6-7,9-10H2,(H,19,24)(H,22,23)(H,25,26)(H2,20,21,27)/t13-/m0/s1. The molecule has 1 rings (SSSR count). The Morgan fingerprint density at radius 3 is 2.33 bits per heavy atom. The predicted molar refractivity (Wildman–Crippen MR) is 95.2 cm³/mol. The monoisotopic (exact) mass is 380 g/mol. The summed E-state index contributed by atoms with van der Waals surface area (Å²) in [7, 11) is 0. The minimum atomic E-state index is -1.28. The van der Waals surface area contributed by atoms with Crippen LogP contribution in [0.15, 0.2) is 24.5 Å². The summed E-state index contributed by atoms with van der Waals surface area (Å²) in [5.74, 6) is -2.60. The highest BCUT2D eigenvalue weighted by molar-refractivity contribution is 5.93. The molecule has 0 unspecified atom stereocenters. The fourth-order valence-corrected chi connectivity index (χ4v) is 2.16. The number of amides is 3.